The van der Waals surface area contributed by atoms with E-state index >= 15 is 0 Å². The lowest BCUT2D eigenvalue weighted by molar-refractivity contribution is -0.141. The molecule has 0 bridgehead atoms. The third kappa shape index (κ3) is 4.24. The van der Waals surface area contributed by atoms with Crippen molar-refractivity contribution in [3.05, 3.63) is 0 Å². The number of aliphatic carboxylic acids is 1. The van der Waals surface area contributed by atoms with Gasteiger partial charge in [0, 0.05) is 6.61 Å². The molecular formula is C9H17NO3. The number of likely N-dealkylation sites (N-methyl/N-ethyl adjacent to an activating group) is 1. The van der Waals surface area contributed by atoms with Crippen molar-refractivity contribution in [2.45, 2.75) is 25.3 Å². The molecule has 0 aliphatic heterocycles. The van der Waals surface area contributed by atoms with Crippen LogP contribution in [0.2, 0.25) is 0 Å². The van der Waals surface area contributed by atoms with Gasteiger partial charge in [-0.05, 0) is 19.4 Å². The average molecular weight is 187 g/mol. The maximum absolute atomic E-state index is 10.5. The first-order valence-corrected chi connectivity index (χ1v) is 4.72. The predicted molar refractivity (Wildman–Crippen MR) is 48.6 cm³/mol. The first-order valence-electron chi connectivity index (χ1n) is 4.72. The SMILES string of the molecule is CNC(COCCC1CC1)C(=O)O. The molecule has 0 aromatic rings. The van der Waals surface area contributed by atoms with Crippen molar-refractivity contribution in [3.63, 3.8) is 0 Å². The Morgan fingerprint density at radius 2 is 2.38 bits per heavy atom. The van der Waals surface area contributed by atoms with Gasteiger partial charge < -0.3 is 15.2 Å². The van der Waals surface area contributed by atoms with Gasteiger partial charge >= 0.3 is 5.97 Å². The number of carboxylic acid groups (broad SMARTS) is 1. The lowest BCUT2D eigenvalue weighted by Crippen LogP contribution is -2.38. The van der Waals surface area contributed by atoms with E-state index in [1.54, 1.807) is 7.05 Å². The highest BCUT2D eigenvalue weighted by Gasteiger charge is 2.21. The van der Waals surface area contributed by atoms with E-state index in [4.69, 9.17) is 9.84 Å². The third-order valence-corrected chi connectivity index (χ3v) is 2.30. The Hall–Kier alpha value is -0.610. The standard InChI is InChI=1S/C9H17NO3/c1-10-8(9(11)12)6-13-5-4-7-2-3-7/h7-8,10H,2-6H2,1H3,(H,11,12). The normalized spacial score (nSPS) is 18.5. The second-order valence-corrected chi connectivity index (χ2v) is 3.49. The molecule has 1 aliphatic rings. The predicted octanol–water partition coefficient (Wildman–Crippen LogP) is 0.476. The Labute approximate surface area is 78.3 Å². The van der Waals surface area contributed by atoms with Gasteiger partial charge in [0.25, 0.3) is 0 Å². The summed E-state index contributed by atoms with van der Waals surface area (Å²) in [6.07, 6.45) is 3.71. The zero-order chi connectivity index (χ0) is 9.68. The molecule has 1 saturated carbocycles. The summed E-state index contributed by atoms with van der Waals surface area (Å²) in [6.45, 7) is 0.953. The molecule has 0 saturated heterocycles. The Bertz CT molecular complexity index is 168. The second kappa shape index (κ2) is 5.19. The van der Waals surface area contributed by atoms with Crippen LogP contribution < -0.4 is 5.32 Å². The molecule has 0 spiro atoms. The summed E-state index contributed by atoms with van der Waals surface area (Å²) < 4.78 is 5.26. The highest BCUT2D eigenvalue weighted by molar-refractivity contribution is 5.73. The van der Waals surface area contributed by atoms with E-state index in [1.165, 1.54) is 12.8 Å². The van der Waals surface area contributed by atoms with Crippen LogP contribution in [0.15, 0.2) is 0 Å². The Morgan fingerprint density at radius 1 is 1.69 bits per heavy atom. The van der Waals surface area contributed by atoms with Crippen molar-refractivity contribution in [1.29, 1.82) is 0 Å². The number of ether oxygens (including phenoxy) is 1. The summed E-state index contributed by atoms with van der Waals surface area (Å²) in [5.41, 5.74) is 0. The van der Waals surface area contributed by atoms with Crippen molar-refractivity contribution in [3.8, 4) is 0 Å². The van der Waals surface area contributed by atoms with Crippen molar-refractivity contribution in [1.82, 2.24) is 5.32 Å². The summed E-state index contributed by atoms with van der Waals surface area (Å²) >= 11 is 0. The van der Waals surface area contributed by atoms with Gasteiger partial charge in [-0.3, -0.25) is 4.79 Å². The van der Waals surface area contributed by atoms with Crippen LogP contribution in [0.5, 0.6) is 0 Å². The fourth-order valence-electron chi connectivity index (χ4n) is 1.14. The first kappa shape index (κ1) is 10.5. The Balaban J connectivity index is 1.98. The molecular weight excluding hydrogens is 170 g/mol. The molecule has 1 unspecified atom stereocenters. The number of rotatable bonds is 7. The van der Waals surface area contributed by atoms with E-state index in [-0.39, 0.29) is 6.61 Å². The average Bonchev–Trinajstić information content (AvgIpc) is 2.87. The number of nitrogens with one attached hydrogen (secondary N) is 1. The maximum atomic E-state index is 10.5. The summed E-state index contributed by atoms with van der Waals surface area (Å²) in [6, 6.07) is -0.570. The molecule has 76 valence electrons. The summed E-state index contributed by atoms with van der Waals surface area (Å²) in [5.74, 6) is -0.00761. The van der Waals surface area contributed by atoms with E-state index in [0.29, 0.717) is 6.61 Å². The topological polar surface area (TPSA) is 58.6 Å². The van der Waals surface area contributed by atoms with Gasteiger partial charge in [0.05, 0.1) is 6.61 Å². The third-order valence-electron chi connectivity index (χ3n) is 2.30. The molecule has 0 heterocycles. The number of carbonyl (C=O) groups is 1. The minimum absolute atomic E-state index is 0.262. The summed E-state index contributed by atoms with van der Waals surface area (Å²) in [5, 5.41) is 11.3. The summed E-state index contributed by atoms with van der Waals surface area (Å²) in [7, 11) is 1.63. The molecule has 2 N–H and O–H groups in total. The minimum Gasteiger partial charge on any atom is -0.480 e. The number of hydrogen-bond acceptors (Lipinski definition) is 3. The lowest BCUT2D eigenvalue weighted by Gasteiger charge is -2.11. The zero-order valence-electron chi connectivity index (χ0n) is 7.95. The smallest absolute Gasteiger partial charge is 0.323 e. The van der Waals surface area contributed by atoms with Gasteiger partial charge in [0.1, 0.15) is 6.04 Å². The van der Waals surface area contributed by atoms with Gasteiger partial charge in [-0.1, -0.05) is 12.8 Å². The lowest BCUT2D eigenvalue weighted by atomic mass is 10.3. The molecule has 0 radical (unpaired) electrons. The molecule has 1 aliphatic carbocycles. The molecule has 1 rings (SSSR count). The van der Waals surface area contributed by atoms with Crippen LogP contribution in [0.3, 0.4) is 0 Å². The van der Waals surface area contributed by atoms with Crippen molar-refractivity contribution >= 4 is 5.97 Å². The van der Waals surface area contributed by atoms with E-state index < -0.39 is 12.0 Å². The molecule has 1 fully saturated rings. The van der Waals surface area contributed by atoms with Crippen LogP contribution in [-0.2, 0) is 9.53 Å². The molecule has 13 heavy (non-hydrogen) atoms. The maximum Gasteiger partial charge on any atom is 0.323 e. The monoisotopic (exact) mass is 187 g/mol. The molecule has 0 aromatic heterocycles. The first-order chi connectivity index (χ1) is 6.24. The fraction of sp³-hybridized carbons (Fsp3) is 0.889. The van der Waals surface area contributed by atoms with Crippen LogP contribution >= 0.6 is 0 Å². The zero-order valence-corrected chi connectivity index (χ0v) is 7.95. The van der Waals surface area contributed by atoms with Crippen molar-refractivity contribution < 1.29 is 14.6 Å². The molecule has 1 atom stereocenters. The van der Waals surface area contributed by atoms with Gasteiger partial charge in [-0.15, -0.1) is 0 Å². The van der Waals surface area contributed by atoms with Crippen LogP contribution in [0.4, 0.5) is 0 Å². The highest BCUT2D eigenvalue weighted by atomic mass is 16.5. The Kier molecular flexibility index (Phi) is 4.18. The molecule has 0 amide bonds. The van der Waals surface area contributed by atoms with Gasteiger partial charge in [-0.2, -0.15) is 0 Å². The van der Waals surface area contributed by atoms with Crippen LogP contribution in [0, 0.1) is 5.92 Å². The fourth-order valence-corrected chi connectivity index (χ4v) is 1.14. The second-order valence-electron chi connectivity index (χ2n) is 3.49. The molecule has 0 aromatic carbocycles. The van der Waals surface area contributed by atoms with Crippen molar-refractivity contribution in [2.24, 2.45) is 5.92 Å². The summed E-state index contributed by atoms with van der Waals surface area (Å²) in [4.78, 5) is 10.5. The number of hydrogen-bond donors (Lipinski definition) is 2. The van der Waals surface area contributed by atoms with E-state index in [1.807, 2.05) is 0 Å². The number of carboxylic acids is 1. The molecule has 4 nitrogen and oxygen atoms in total. The van der Waals surface area contributed by atoms with Crippen LogP contribution in [0.25, 0.3) is 0 Å². The van der Waals surface area contributed by atoms with Crippen molar-refractivity contribution in [2.75, 3.05) is 20.3 Å². The van der Waals surface area contributed by atoms with E-state index in [2.05, 4.69) is 5.32 Å². The van der Waals surface area contributed by atoms with Crippen LogP contribution in [-0.4, -0.2) is 37.4 Å². The van der Waals surface area contributed by atoms with E-state index in [0.717, 1.165) is 12.3 Å². The Morgan fingerprint density at radius 3 is 2.85 bits per heavy atom. The van der Waals surface area contributed by atoms with Crippen LogP contribution in [0.1, 0.15) is 19.3 Å². The van der Waals surface area contributed by atoms with E-state index in [9.17, 15) is 4.79 Å². The quantitative estimate of drug-likeness (QED) is 0.569. The van der Waals surface area contributed by atoms with Gasteiger partial charge in [0.2, 0.25) is 0 Å². The highest BCUT2D eigenvalue weighted by Crippen LogP contribution is 2.31. The largest absolute Gasteiger partial charge is 0.480 e. The molecule has 4 heteroatoms. The van der Waals surface area contributed by atoms with Gasteiger partial charge in [-0.25, -0.2) is 0 Å². The van der Waals surface area contributed by atoms with Gasteiger partial charge in [0.15, 0.2) is 0 Å². The minimum atomic E-state index is -0.853.